The van der Waals surface area contributed by atoms with Gasteiger partial charge in [-0.15, -0.1) is 0 Å². The van der Waals surface area contributed by atoms with E-state index in [1.165, 1.54) is 88.0 Å². The van der Waals surface area contributed by atoms with Crippen LogP contribution in [0, 0.1) is 0 Å². The zero-order chi connectivity index (χ0) is 38.8. The molecule has 0 radical (unpaired) electrons. The Morgan fingerprint density at radius 1 is 0.276 bits per heavy atom. The maximum Gasteiger partial charge on any atom is 0.0465 e. The van der Waals surface area contributed by atoms with Gasteiger partial charge in [0.25, 0.3) is 0 Å². The number of nitrogens with zero attached hydrogens (tertiary/aromatic N) is 1. The van der Waals surface area contributed by atoms with Gasteiger partial charge >= 0.3 is 0 Å². The largest absolute Gasteiger partial charge is 0.310 e. The highest BCUT2D eigenvalue weighted by atomic mass is 15.1. The van der Waals surface area contributed by atoms with Gasteiger partial charge in [-0.25, -0.2) is 0 Å². The van der Waals surface area contributed by atoms with Crippen LogP contribution in [0.15, 0.2) is 212 Å². The van der Waals surface area contributed by atoms with Gasteiger partial charge in [-0.05, 0) is 130 Å². The van der Waals surface area contributed by atoms with Crippen LogP contribution < -0.4 is 4.90 Å². The molecule has 1 heteroatoms. The van der Waals surface area contributed by atoms with Crippen molar-refractivity contribution in [2.24, 2.45) is 0 Å². The van der Waals surface area contributed by atoms with Gasteiger partial charge in [-0.3, -0.25) is 0 Å². The molecular formula is C57H41N. The first-order valence-corrected chi connectivity index (χ1v) is 20.3. The van der Waals surface area contributed by atoms with Crippen LogP contribution >= 0.6 is 0 Å². The normalized spacial score (nSPS) is 12.8. The van der Waals surface area contributed by atoms with Crippen LogP contribution in [0.5, 0.6) is 0 Å². The minimum absolute atomic E-state index is 0.0984. The third-order valence-corrected chi connectivity index (χ3v) is 12.5. The quantitative estimate of drug-likeness (QED) is 0.154. The van der Waals surface area contributed by atoms with Crippen LogP contribution in [0.4, 0.5) is 17.1 Å². The molecule has 0 spiro atoms. The van der Waals surface area contributed by atoms with Crippen LogP contribution in [0.3, 0.4) is 0 Å². The van der Waals surface area contributed by atoms with Gasteiger partial charge in [-0.1, -0.05) is 184 Å². The fourth-order valence-corrected chi connectivity index (χ4v) is 9.46. The smallest absolute Gasteiger partial charge is 0.0465 e. The fraction of sp³-hybridized carbons (Fsp3) is 0.0526. The number of rotatable bonds is 6. The molecule has 0 aliphatic heterocycles. The van der Waals surface area contributed by atoms with Gasteiger partial charge in [-0.2, -0.15) is 0 Å². The summed E-state index contributed by atoms with van der Waals surface area (Å²) >= 11 is 0. The second-order valence-electron chi connectivity index (χ2n) is 16.1. The number of hydrogen-bond donors (Lipinski definition) is 0. The van der Waals surface area contributed by atoms with Gasteiger partial charge in [0.2, 0.25) is 0 Å². The lowest BCUT2D eigenvalue weighted by molar-refractivity contribution is 0.660. The highest BCUT2D eigenvalue weighted by molar-refractivity contribution is 6.25. The maximum absolute atomic E-state index is 2.41. The first kappa shape index (κ1) is 34.1. The van der Waals surface area contributed by atoms with Gasteiger partial charge in [0.1, 0.15) is 0 Å². The summed E-state index contributed by atoms with van der Waals surface area (Å²) in [7, 11) is 0. The topological polar surface area (TPSA) is 3.24 Å². The minimum Gasteiger partial charge on any atom is -0.310 e. The molecule has 0 amide bonds. The van der Waals surface area contributed by atoms with Gasteiger partial charge in [0, 0.05) is 22.5 Å². The standard InChI is InChI=1S/C57H41N/c1-57(2)55-19-11-10-18-52(55)53-35-33-46(37-56(53)57)58(44-29-24-41(25-30-44)40-22-20-39(21-23-40)38-12-4-3-5-13-38)45-31-26-42(27-32-45)43-28-34-51-49-16-7-6-14-47(49)48-15-8-9-17-50(48)54(51)36-43/h3-37H,1-2H3. The molecule has 0 aromatic heterocycles. The van der Waals surface area contributed by atoms with Crippen LogP contribution in [-0.2, 0) is 5.41 Å². The van der Waals surface area contributed by atoms with Crippen molar-refractivity contribution in [2.45, 2.75) is 19.3 Å². The van der Waals surface area contributed by atoms with E-state index < -0.39 is 0 Å². The van der Waals surface area contributed by atoms with Gasteiger partial charge < -0.3 is 4.90 Å². The molecule has 11 rings (SSSR count). The monoisotopic (exact) mass is 739 g/mol. The zero-order valence-electron chi connectivity index (χ0n) is 32.7. The molecule has 0 unspecified atom stereocenters. The first-order valence-electron chi connectivity index (χ1n) is 20.3. The molecule has 0 atom stereocenters. The SMILES string of the molecule is CC1(C)c2ccccc2-c2ccc(N(c3ccc(-c4ccc(-c5ccccc5)cc4)cc3)c3ccc(-c4ccc5c6ccccc6c6ccccc6c5c4)cc3)cc21. The van der Waals surface area contributed by atoms with E-state index in [1.807, 2.05) is 0 Å². The molecule has 1 nitrogen and oxygen atoms in total. The molecule has 0 fully saturated rings. The van der Waals surface area contributed by atoms with Crippen molar-refractivity contribution in [3.05, 3.63) is 223 Å². The lowest BCUT2D eigenvalue weighted by Gasteiger charge is -2.28. The predicted octanol–water partition coefficient (Wildman–Crippen LogP) is 15.9. The molecule has 10 aromatic carbocycles. The van der Waals surface area contributed by atoms with Crippen molar-refractivity contribution in [2.75, 3.05) is 4.90 Å². The Labute approximate surface area is 340 Å². The van der Waals surface area contributed by atoms with Gasteiger partial charge in [0.05, 0.1) is 0 Å². The molecule has 0 N–H and O–H groups in total. The average molecular weight is 740 g/mol. The van der Waals surface area contributed by atoms with Crippen molar-refractivity contribution >= 4 is 49.4 Å². The second-order valence-corrected chi connectivity index (χ2v) is 16.1. The molecule has 0 heterocycles. The molecule has 0 saturated heterocycles. The Bertz CT molecular complexity index is 3120. The summed E-state index contributed by atoms with van der Waals surface area (Å²) in [5.74, 6) is 0. The second kappa shape index (κ2) is 13.5. The summed E-state index contributed by atoms with van der Waals surface area (Å²) in [6.45, 7) is 4.71. The van der Waals surface area contributed by atoms with Crippen molar-refractivity contribution < 1.29 is 0 Å². The highest BCUT2D eigenvalue weighted by Crippen LogP contribution is 2.51. The lowest BCUT2D eigenvalue weighted by Crippen LogP contribution is -2.16. The summed E-state index contributed by atoms with van der Waals surface area (Å²) in [6.07, 6.45) is 0. The molecule has 274 valence electrons. The summed E-state index contributed by atoms with van der Waals surface area (Å²) in [6, 6.07) is 78.1. The highest BCUT2D eigenvalue weighted by Gasteiger charge is 2.35. The molecular weight excluding hydrogens is 699 g/mol. The molecule has 0 saturated carbocycles. The van der Waals surface area contributed by atoms with E-state index in [2.05, 4.69) is 231 Å². The summed E-state index contributed by atoms with van der Waals surface area (Å²) in [4.78, 5) is 2.41. The Balaban J connectivity index is 0.992. The van der Waals surface area contributed by atoms with E-state index >= 15 is 0 Å². The molecule has 1 aliphatic carbocycles. The van der Waals surface area contributed by atoms with E-state index in [0.717, 1.165) is 17.1 Å². The third-order valence-electron chi connectivity index (χ3n) is 12.5. The number of hydrogen-bond acceptors (Lipinski definition) is 1. The Kier molecular flexibility index (Phi) is 7.91. The molecule has 10 aromatic rings. The van der Waals surface area contributed by atoms with Crippen molar-refractivity contribution in [3.63, 3.8) is 0 Å². The van der Waals surface area contributed by atoms with E-state index in [1.54, 1.807) is 0 Å². The fourth-order valence-electron chi connectivity index (χ4n) is 9.46. The zero-order valence-corrected chi connectivity index (χ0v) is 32.7. The van der Waals surface area contributed by atoms with Crippen molar-refractivity contribution in [1.82, 2.24) is 0 Å². The Morgan fingerprint density at radius 3 is 1.26 bits per heavy atom. The van der Waals surface area contributed by atoms with Crippen molar-refractivity contribution in [1.29, 1.82) is 0 Å². The van der Waals surface area contributed by atoms with Crippen LogP contribution in [0.2, 0.25) is 0 Å². The van der Waals surface area contributed by atoms with E-state index in [-0.39, 0.29) is 5.41 Å². The number of anilines is 3. The molecule has 0 bridgehead atoms. The summed E-state index contributed by atoms with van der Waals surface area (Å²) < 4.78 is 0. The minimum atomic E-state index is -0.0984. The maximum atomic E-state index is 2.41. The predicted molar refractivity (Wildman–Crippen MR) is 248 cm³/mol. The first-order chi connectivity index (χ1) is 28.5. The Hall–Kier alpha value is -7.22. The third kappa shape index (κ3) is 5.54. The van der Waals surface area contributed by atoms with Crippen LogP contribution in [0.1, 0.15) is 25.0 Å². The van der Waals surface area contributed by atoms with E-state index in [4.69, 9.17) is 0 Å². The lowest BCUT2D eigenvalue weighted by atomic mass is 9.82. The van der Waals surface area contributed by atoms with Crippen LogP contribution in [0.25, 0.3) is 76.8 Å². The van der Waals surface area contributed by atoms with Gasteiger partial charge in [0.15, 0.2) is 0 Å². The average Bonchev–Trinajstić information content (AvgIpc) is 3.52. The number of benzene rings is 10. The van der Waals surface area contributed by atoms with Crippen LogP contribution in [-0.4, -0.2) is 0 Å². The summed E-state index contributed by atoms with van der Waals surface area (Å²) in [5, 5.41) is 7.76. The number of fused-ring (bicyclic) bond motifs is 9. The van der Waals surface area contributed by atoms with E-state index in [9.17, 15) is 0 Å². The summed E-state index contributed by atoms with van der Waals surface area (Å²) in [5.41, 5.74) is 16.0. The Morgan fingerprint density at radius 2 is 0.672 bits per heavy atom. The van der Waals surface area contributed by atoms with E-state index in [0.29, 0.717) is 0 Å². The van der Waals surface area contributed by atoms with Crippen molar-refractivity contribution in [3.8, 4) is 44.5 Å². The molecule has 1 aliphatic rings. The molecule has 58 heavy (non-hydrogen) atoms.